The first kappa shape index (κ1) is 28.1. The van der Waals surface area contributed by atoms with Gasteiger partial charge in [-0.05, 0) is 11.6 Å². The van der Waals surface area contributed by atoms with Crippen LogP contribution in [0.2, 0.25) is 0 Å². The summed E-state index contributed by atoms with van der Waals surface area (Å²) in [6.45, 7) is 0. The number of aliphatic carboxylic acids is 1. The Hall–Kier alpha value is -3.49. The molecular weight excluding hydrogens is 518 g/mol. The van der Waals surface area contributed by atoms with Crippen LogP contribution in [-0.4, -0.2) is 79.4 Å². The molecule has 14 heteroatoms. The van der Waals surface area contributed by atoms with E-state index in [1.54, 1.807) is 6.20 Å². The van der Waals surface area contributed by atoms with Gasteiger partial charge >= 0.3 is 5.97 Å². The van der Waals surface area contributed by atoms with Crippen LogP contribution >= 0.6 is 25.3 Å². The molecule has 0 aliphatic carbocycles. The minimum absolute atomic E-state index is 0.0483. The van der Waals surface area contributed by atoms with E-state index >= 15 is 0 Å². The standard InChI is InChI=1S/C23H29N7O5S2/c24-15(9-36)20(31)28-18(6-13-8-25-11-27-13)22(33)29-17(21(32)30-19(10-37)23(34)35)5-12-7-26-16-4-2-1-3-14(12)16/h1-4,7-8,11,15,17-19,26,36-37H,5-6,9-10,24H2,(H,25,27)(H,28,31)(H,29,33)(H,30,32)(H,34,35). The van der Waals surface area contributed by atoms with Gasteiger partial charge in [-0.25, -0.2) is 9.78 Å². The lowest BCUT2D eigenvalue weighted by Gasteiger charge is -2.24. The Morgan fingerprint density at radius 3 is 2.19 bits per heavy atom. The fourth-order valence-electron chi connectivity index (χ4n) is 3.65. The van der Waals surface area contributed by atoms with Crippen LogP contribution < -0.4 is 21.7 Å². The number of thiol groups is 2. The number of benzene rings is 1. The SMILES string of the molecule is NC(CS)C(=O)NC(Cc1cnc[nH]1)C(=O)NC(Cc1c[nH]c2ccccc12)C(=O)NC(CS)C(=O)O. The number of fused-ring (bicyclic) bond motifs is 1. The molecule has 0 saturated heterocycles. The molecule has 4 atom stereocenters. The van der Waals surface area contributed by atoms with Crippen molar-refractivity contribution in [3.05, 3.63) is 54.2 Å². The first-order valence-corrected chi connectivity index (χ1v) is 12.6. The molecule has 0 saturated carbocycles. The van der Waals surface area contributed by atoms with E-state index < -0.39 is 47.9 Å². The van der Waals surface area contributed by atoms with Crippen LogP contribution in [0.1, 0.15) is 11.3 Å². The number of hydrogen-bond donors (Lipinski definition) is 9. The number of aromatic amines is 2. The highest BCUT2D eigenvalue weighted by Gasteiger charge is 2.31. The predicted molar refractivity (Wildman–Crippen MR) is 143 cm³/mol. The number of carbonyl (C=O) groups excluding carboxylic acids is 3. The highest BCUT2D eigenvalue weighted by atomic mass is 32.1. The molecular formula is C23H29N7O5S2. The number of rotatable bonds is 13. The Balaban J connectivity index is 1.86. The van der Waals surface area contributed by atoms with Gasteiger partial charge in [0.1, 0.15) is 18.1 Å². The van der Waals surface area contributed by atoms with Crippen molar-refractivity contribution < 1.29 is 24.3 Å². The average molecular weight is 548 g/mol. The highest BCUT2D eigenvalue weighted by Crippen LogP contribution is 2.19. The van der Waals surface area contributed by atoms with E-state index in [2.05, 4.69) is 56.2 Å². The van der Waals surface area contributed by atoms with Crippen molar-refractivity contribution in [2.24, 2.45) is 5.73 Å². The fourth-order valence-corrected chi connectivity index (χ4v) is 4.06. The van der Waals surface area contributed by atoms with Crippen LogP contribution in [-0.2, 0) is 32.0 Å². The summed E-state index contributed by atoms with van der Waals surface area (Å²) in [5.41, 5.74) is 7.90. The zero-order valence-corrected chi connectivity index (χ0v) is 21.5. The third-order valence-electron chi connectivity index (χ3n) is 5.67. The van der Waals surface area contributed by atoms with Crippen LogP contribution in [0.4, 0.5) is 0 Å². The molecule has 2 aromatic heterocycles. The van der Waals surface area contributed by atoms with E-state index in [0.717, 1.165) is 16.5 Å². The van der Waals surface area contributed by atoms with Crippen molar-refractivity contribution in [2.75, 3.05) is 11.5 Å². The number of aromatic nitrogens is 3. The molecule has 3 aromatic rings. The van der Waals surface area contributed by atoms with Gasteiger partial charge in [0.2, 0.25) is 17.7 Å². The summed E-state index contributed by atoms with van der Waals surface area (Å²) in [7, 11) is 0. The predicted octanol–water partition coefficient (Wildman–Crippen LogP) is -0.598. The number of para-hydroxylation sites is 1. The first-order chi connectivity index (χ1) is 17.7. The van der Waals surface area contributed by atoms with Crippen molar-refractivity contribution >= 4 is 59.9 Å². The lowest BCUT2D eigenvalue weighted by molar-refractivity contribution is -0.141. The third-order valence-corrected chi connectivity index (χ3v) is 6.43. The van der Waals surface area contributed by atoms with Crippen LogP contribution in [0.15, 0.2) is 43.0 Å². The Morgan fingerprint density at radius 2 is 1.57 bits per heavy atom. The fraction of sp³-hybridized carbons (Fsp3) is 0.348. The minimum Gasteiger partial charge on any atom is -0.480 e. The Labute approximate surface area is 223 Å². The molecule has 3 amide bonds. The van der Waals surface area contributed by atoms with Gasteiger partial charge in [-0.1, -0.05) is 18.2 Å². The molecule has 12 nitrogen and oxygen atoms in total. The van der Waals surface area contributed by atoms with E-state index in [-0.39, 0.29) is 24.3 Å². The lowest BCUT2D eigenvalue weighted by atomic mass is 10.0. The molecule has 0 aliphatic heterocycles. The Bertz CT molecular complexity index is 1230. The summed E-state index contributed by atoms with van der Waals surface area (Å²) in [6, 6.07) is 2.97. The molecule has 1 aromatic carbocycles. The summed E-state index contributed by atoms with van der Waals surface area (Å²) < 4.78 is 0. The smallest absolute Gasteiger partial charge is 0.327 e. The number of nitrogens with one attached hydrogen (secondary N) is 5. The monoisotopic (exact) mass is 547 g/mol. The van der Waals surface area contributed by atoms with Gasteiger partial charge in [0.15, 0.2) is 0 Å². The number of amides is 3. The number of nitrogens with zero attached hydrogens (tertiary/aromatic N) is 1. The first-order valence-electron chi connectivity index (χ1n) is 11.4. The van der Waals surface area contributed by atoms with E-state index in [9.17, 15) is 24.3 Å². The van der Waals surface area contributed by atoms with E-state index in [1.165, 1.54) is 12.5 Å². The molecule has 37 heavy (non-hydrogen) atoms. The van der Waals surface area contributed by atoms with E-state index in [4.69, 9.17) is 5.73 Å². The second-order valence-corrected chi connectivity index (χ2v) is 9.07. The largest absolute Gasteiger partial charge is 0.480 e. The van der Waals surface area contributed by atoms with Crippen LogP contribution in [0.3, 0.4) is 0 Å². The van der Waals surface area contributed by atoms with Gasteiger partial charge in [0, 0.05) is 53.3 Å². The van der Waals surface area contributed by atoms with Gasteiger partial charge in [-0.15, -0.1) is 0 Å². The summed E-state index contributed by atoms with van der Waals surface area (Å²) in [5, 5.41) is 17.9. The van der Waals surface area contributed by atoms with Crippen molar-refractivity contribution in [3.8, 4) is 0 Å². The maximum absolute atomic E-state index is 13.4. The molecule has 3 rings (SSSR count). The van der Waals surface area contributed by atoms with Crippen LogP contribution in [0.5, 0.6) is 0 Å². The number of carbonyl (C=O) groups is 4. The number of nitrogens with two attached hydrogens (primary N) is 1. The highest BCUT2D eigenvalue weighted by molar-refractivity contribution is 7.80. The van der Waals surface area contributed by atoms with E-state index in [0.29, 0.717) is 5.69 Å². The molecule has 0 radical (unpaired) electrons. The van der Waals surface area contributed by atoms with Gasteiger partial charge in [-0.2, -0.15) is 25.3 Å². The van der Waals surface area contributed by atoms with Gasteiger partial charge in [-0.3, -0.25) is 14.4 Å². The second kappa shape index (κ2) is 13.2. The zero-order chi connectivity index (χ0) is 26.9. The summed E-state index contributed by atoms with van der Waals surface area (Å²) in [4.78, 5) is 60.4. The topological polar surface area (TPSA) is 195 Å². The Kier molecular flexibility index (Phi) is 10.00. The average Bonchev–Trinajstić information content (AvgIpc) is 3.55. The van der Waals surface area contributed by atoms with Gasteiger partial charge in [0.25, 0.3) is 0 Å². The molecule has 0 fully saturated rings. The van der Waals surface area contributed by atoms with Gasteiger partial charge < -0.3 is 36.8 Å². The number of H-pyrrole nitrogens is 2. The summed E-state index contributed by atoms with van der Waals surface area (Å²) in [6.07, 6.45) is 4.77. The third kappa shape index (κ3) is 7.50. The minimum atomic E-state index is -1.26. The van der Waals surface area contributed by atoms with Gasteiger partial charge in [0.05, 0.1) is 12.4 Å². The lowest BCUT2D eigenvalue weighted by Crippen LogP contribution is -2.58. The molecule has 4 unspecified atom stereocenters. The normalized spacial score (nSPS) is 14.4. The number of carboxylic acid groups (broad SMARTS) is 1. The van der Waals surface area contributed by atoms with Crippen molar-refractivity contribution in [2.45, 2.75) is 37.0 Å². The van der Waals surface area contributed by atoms with Crippen molar-refractivity contribution in [1.29, 1.82) is 0 Å². The van der Waals surface area contributed by atoms with Crippen molar-refractivity contribution in [3.63, 3.8) is 0 Å². The summed E-state index contributed by atoms with van der Waals surface area (Å²) in [5.74, 6) is -3.30. The molecule has 2 heterocycles. The maximum atomic E-state index is 13.4. The molecule has 0 spiro atoms. The van der Waals surface area contributed by atoms with Crippen molar-refractivity contribution in [1.82, 2.24) is 30.9 Å². The van der Waals surface area contributed by atoms with E-state index in [1.807, 2.05) is 24.3 Å². The summed E-state index contributed by atoms with van der Waals surface area (Å²) >= 11 is 8.01. The number of hydrogen-bond acceptors (Lipinski definition) is 8. The van der Waals surface area contributed by atoms with Crippen LogP contribution in [0.25, 0.3) is 10.9 Å². The van der Waals surface area contributed by atoms with Crippen LogP contribution in [0, 0.1) is 0 Å². The quantitative estimate of drug-likeness (QED) is 0.127. The molecule has 8 N–H and O–H groups in total. The molecule has 198 valence electrons. The Morgan fingerprint density at radius 1 is 0.919 bits per heavy atom. The molecule has 0 aliphatic rings. The zero-order valence-electron chi connectivity index (χ0n) is 19.7. The second-order valence-electron chi connectivity index (χ2n) is 8.34. The maximum Gasteiger partial charge on any atom is 0.327 e. The number of carboxylic acids is 1. The number of imidazole rings is 1. The molecule has 0 bridgehead atoms.